The van der Waals surface area contributed by atoms with Gasteiger partial charge >= 0.3 is 5.97 Å². The first-order chi connectivity index (χ1) is 11.4. The van der Waals surface area contributed by atoms with Gasteiger partial charge in [-0.3, -0.25) is 14.4 Å². The average molecular weight is 332 g/mol. The van der Waals surface area contributed by atoms with Crippen molar-refractivity contribution in [2.75, 3.05) is 13.1 Å². The maximum absolute atomic E-state index is 12.0. The van der Waals surface area contributed by atoms with Crippen molar-refractivity contribution in [1.29, 1.82) is 0 Å². The number of amides is 2. The van der Waals surface area contributed by atoms with Gasteiger partial charge < -0.3 is 15.4 Å². The maximum atomic E-state index is 12.0. The van der Waals surface area contributed by atoms with Crippen LogP contribution < -0.4 is 15.4 Å². The molecule has 1 aromatic carbocycles. The molecule has 0 atom stereocenters. The summed E-state index contributed by atoms with van der Waals surface area (Å²) in [6.07, 6.45) is 3.97. The summed E-state index contributed by atoms with van der Waals surface area (Å²) < 4.78 is 4.94. The number of ether oxygens (including phenoxy) is 1. The molecule has 0 saturated heterocycles. The van der Waals surface area contributed by atoms with Crippen LogP contribution in [0.15, 0.2) is 36.4 Å². The lowest BCUT2D eigenvalue weighted by Gasteiger charge is -2.07. The molecule has 0 aliphatic carbocycles. The van der Waals surface area contributed by atoms with Crippen LogP contribution in [0.1, 0.15) is 37.6 Å². The molecule has 0 fully saturated rings. The molecule has 0 aliphatic rings. The topological polar surface area (TPSA) is 84.5 Å². The van der Waals surface area contributed by atoms with Gasteiger partial charge in [0, 0.05) is 25.6 Å². The Morgan fingerprint density at radius 2 is 1.88 bits per heavy atom. The Balaban J connectivity index is 2.31. The van der Waals surface area contributed by atoms with Crippen molar-refractivity contribution in [3.05, 3.63) is 42.0 Å². The highest BCUT2D eigenvalue weighted by molar-refractivity contribution is 5.94. The van der Waals surface area contributed by atoms with E-state index in [9.17, 15) is 14.4 Å². The van der Waals surface area contributed by atoms with E-state index in [-0.39, 0.29) is 11.8 Å². The second-order valence-electron chi connectivity index (χ2n) is 5.63. The molecule has 0 saturated carbocycles. The Morgan fingerprint density at radius 3 is 2.54 bits per heavy atom. The van der Waals surface area contributed by atoms with Gasteiger partial charge in [-0.25, -0.2) is 0 Å². The van der Waals surface area contributed by atoms with Crippen LogP contribution in [0.3, 0.4) is 0 Å². The van der Waals surface area contributed by atoms with Gasteiger partial charge in [0.1, 0.15) is 5.75 Å². The smallest absolute Gasteiger partial charge is 0.308 e. The molecule has 24 heavy (non-hydrogen) atoms. The highest BCUT2D eigenvalue weighted by Crippen LogP contribution is 2.13. The number of allylic oxidation sites excluding steroid dienone is 1. The molecule has 1 rings (SSSR count). The molecule has 1 aromatic rings. The number of hydrogen-bond donors (Lipinski definition) is 2. The third-order valence-electron chi connectivity index (χ3n) is 2.93. The van der Waals surface area contributed by atoms with Gasteiger partial charge in [0.25, 0.3) is 5.91 Å². The molecular weight excluding hydrogens is 308 g/mol. The monoisotopic (exact) mass is 332 g/mol. The molecule has 130 valence electrons. The molecule has 2 amide bonds. The Morgan fingerprint density at radius 1 is 1.17 bits per heavy atom. The van der Waals surface area contributed by atoms with E-state index < -0.39 is 5.97 Å². The molecule has 0 bridgehead atoms. The minimum atomic E-state index is -0.435. The largest absolute Gasteiger partial charge is 0.427 e. The Kier molecular flexibility index (Phi) is 8.25. The van der Waals surface area contributed by atoms with Crippen LogP contribution in [-0.4, -0.2) is 30.9 Å². The third-order valence-corrected chi connectivity index (χ3v) is 2.93. The lowest BCUT2D eigenvalue weighted by molar-refractivity contribution is -0.131. The number of hydrogen-bond acceptors (Lipinski definition) is 4. The van der Waals surface area contributed by atoms with E-state index in [1.807, 2.05) is 19.9 Å². The average Bonchev–Trinajstić information content (AvgIpc) is 2.52. The molecular formula is C18H24N2O4. The number of nitrogens with one attached hydrogen (secondary N) is 2. The van der Waals surface area contributed by atoms with Crippen LogP contribution >= 0.6 is 0 Å². The standard InChI is InChI=1S/C18H24N2O4/c1-13(2)8-9-17(22)19-10-5-11-20-18(23)15-6-4-7-16(12-15)24-14(3)21/h4,6-9,12-13H,5,10-11H2,1-3H3,(H,19,22)(H,20,23)/b9-8+. The first kappa shape index (κ1) is 19.4. The van der Waals surface area contributed by atoms with Crippen LogP contribution in [-0.2, 0) is 9.59 Å². The van der Waals surface area contributed by atoms with E-state index in [0.717, 1.165) is 0 Å². The number of esters is 1. The van der Waals surface area contributed by atoms with Gasteiger partial charge in [-0.05, 0) is 36.6 Å². The Bertz CT molecular complexity index is 609. The van der Waals surface area contributed by atoms with Gasteiger partial charge in [-0.1, -0.05) is 26.0 Å². The summed E-state index contributed by atoms with van der Waals surface area (Å²) in [4.78, 5) is 34.4. The van der Waals surface area contributed by atoms with Crippen molar-refractivity contribution in [2.45, 2.75) is 27.2 Å². The first-order valence-electron chi connectivity index (χ1n) is 7.91. The quantitative estimate of drug-likeness (QED) is 0.330. The highest BCUT2D eigenvalue weighted by Gasteiger charge is 2.07. The summed E-state index contributed by atoms with van der Waals surface area (Å²) >= 11 is 0. The van der Waals surface area contributed by atoms with Gasteiger partial charge in [0.05, 0.1) is 0 Å². The molecule has 0 radical (unpaired) electrons. The van der Waals surface area contributed by atoms with Crippen molar-refractivity contribution < 1.29 is 19.1 Å². The predicted octanol–water partition coefficient (Wildman–Crippen LogP) is 2.06. The molecule has 0 heterocycles. The maximum Gasteiger partial charge on any atom is 0.308 e. The second kappa shape index (κ2) is 10.2. The number of rotatable bonds is 8. The fraction of sp³-hybridized carbons (Fsp3) is 0.389. The summed E-state index contributed by atoms with van der Waals surface area (Å²) in [6.45, 7) is 6.21. The molecule has 6 heteroatoms. The normalized spacial score (nSPS) is 10.7. The van der Waals surface area contributed by atoms with E-state index in [2.05, 4.69) is 10.6 Å². The zero-order valence-corrected chi connectivity index (χ0v) is 14.3. The summed E-state index contributed by atoms with van der Waals surface area (Å²) in [5.74, 6) is -0.161. The molecule has 6 nitrogen and oxygen atoms in total. The zero-order valence-electron chi connectivity index (χ0n) is 14.3. The van der Waals surface area contributed by atoms with Crippen molar-refractivity contribution in [1.82, 2.24) is 10.6 Å². The summed E-state index contributed by atoms with van der Waals surface area (Å²) in [6, 6.07) is 6.41. The molecule has 0 aromatic heterocycles. The first-order valence-corrected chi connectivity index (χ1v) is 7.91. The van der Waals surface area contributed by atoms with Crippen LogP contribution in [0.4, 0.5) is 0 Å². The minimum Gasteiger partial charge on any atom is -0.427 e. The minimum absolute atomic E-state index is 0.135. The summed E-state index contributed by atoms with van der Waals surface area (Å²) in [5, 5.41) is 5.50. The lowest BCUT2D eigenvalue weighted by atomic mass is 10.2. The fourth-order valence-electron chi connectivity index (χ4n) is 1.81. The predicted molar refractivity (Wildman–Crippen MR) is 91.7 cm³/mol. The SMILES string of the molecule is CC(=O)Oc1cccc(C(=O)NCCCNC(=O)/C=C/C(C)C)c1. The Labute approximate surface area is 142 Å². The fourth-order valence-corrected chi connectivity index (χ4v) is 1.81. The summed E-state index contributed by atoms with van der Waals surface area (Å²) in [5.41, 5.74) is 0.414. The van der Waals surface area contributed by atoms with Gasteiger partial charge in [-0.15, -0.1) is 0 Å². The van der Waals surface area contributed by atoms with Crippen molar-refractivity contribution >= 4 is 17.8 Å². The highest BCUT2D eigenvalue weighted by atomic mass is 16.5. The van der Waals surface area contributed by atoms with Crippen LogP contribution in [0.5, 0.6) is 5.75 Å². The second-order valence-corrected chi connectivity index (χ2v) is 5.63. The molecule has 2 N–H and O–H groups in total. The Hall–Kier alpha value is -2.63. The summed E-state index contributed by atoms with van der Waals surface area (Å²) in [7, 11) is 0. The molecule has 0 unspecified atom stereocenters. The van der Waals surface area contributed by atoms with Crippen molar-refractivity contribution in [3.63, 3.8) is 0 Å². The van der Waals surface area contributed by atoms with Crippen molar-refractivity contribution in [3.8, 4) is 5.75 Å². The van der Waals surface area contributed by atoms with Gasteiger partial charge in [0.15, 0.2) is 0 Å². The number of carbonyl (C=O) groups excluding carboxylic acids is 3. The van der Waals surface area contributed by atoms with E-state index in [1.54, 1.807) is 18.2 Å². The molecule has 0 spiro atoms. The number of carbonyl (C=O) groups is 3. The van der Waals surface area contributed by atoms with E-state index in [1.165, 1.54) is 19.1 Å². The van der Waals surface area contributed by atoms with Gasteiger partial charge in [-0.2, -0.15) is 0 Å². The lowest BCUT2D eigenvalue weighted by Crippen LogP contribution is -2.29. The van der Waals surface area contributed by atoms with Crippen LogP contribution in [0.2, 0.25) is 0 Å². The van der Waals surface area contributed by atoms with Gasteiger partial charge in [0.2, 0.25) is 5.91 Å². The van der Waals surface area contributed by atoms with E-state index in [4.69, 9.17) is 4.74 Å². The zero-order chi connectivity index (χ0) is 17.9. The van der Waals surface area contributed by atoms with Crippen LogP contribution in [0, 0.1) is 5.92 Å². The molecule has 0 aliphatic heterocycles. The van der Waals surface area contributed by atoms with Crippen molar-refractivity contribution in [2.24, 2.45) is 5.92 Å². The number of benzene rings is 1. The van der Waals surface area contributed by atoms with E-state index in [0.29, 0.717) is 36.7 Å². The van der Waals surface area contributed by atoms with Crippen LogP contribution in [0.25, 0.3) is 0 Å². The third kappa shape index (κ3) is 8.12. The van der Waals surface area contributed by atoms with E-state index >= 15 is 0 Å².